The van der Waals surface area contributed by atoms with Gasteiger partial charge in [-0.1, -0.05) is 35.9 Å². The van der Waals surface area contributed by atoms with Crippen LogP contribution < -0.4 is 5.43 Å². The molecule has 0 aliphatic heterocycles. The molecule has 4 saturated carbocycles. The molecule has 3 nitrogen and oxygen atoms in total. The molecular formula is C23H26N2OS. The van der Waals surface area contributed by atoms with Gasteiger partial charge in [0, 0.05) is 4.88 Å². The van der Waals surface area contributed by atoms with Crippen LogP contribution >= 0.6 is 11.3 Å². The van der Waals surface area contributed by atoms with Gasteiger partial charge in [-0.2, -0.15) is 5.10 Å². The lowest BCUT2D eigenvalue weighted by Crippen LogP contribution is -2.58. The van der Waals surface area contributed by atoms with Gasteiger partial charge in [0.05, 0.1) is 11.6 Å². The van der Waals surface area contributed by atoms with E-state index in [1.165, 1.54) is 30.4 Å². The minimum absolute atomic E-state index is 0.140. The van der Waals surface area contributed by atoms with Crippen LogP contribution in [0, 0.1) is 24.2 Å². The zero-order valence-electron chi connectivity index (χ0n) is 15.8. The van der Waals surface area contributed by atoms with E-state index in [-0.39, 0.29) is 16.7 Å². The number of nitrogens with zero attached hydrogens (tertiary/aromatic N) is 1. The second-order valence-corrected chi connectivity index (χ2v) is 10.1. The van der Waals surface area contributed by atoms with Gasteiger partial charge in [-0.15, -0.1) is 11.3 Å². The zero-order chi connectivity index (χ0) is 18.5. The molecule has 1 amide bonds. The molecule has 6 rings (SSSR count). The van der Waals surface area contributed by atoms with Crippen LogP contribution in [0.25, 0.3) is 0 Å². The summed E-state index contributed by atoms with van der Waals surface area (Å²) in [6, 6.07) is 13.1. The van der Waals surface area contributed by atoms with Gasteiger partial charge in [0.15, 0.2) is 0 Å². The standard InChI is InChI=1S/C23H26N2OS/c1-16-4-6-19(7-5-16)22-10-17-9-18(11-22)13-23(12-17,15-22)21(26)25-24-14-20-3-2-8-27-20/h2-8,14,17-18H,9-13,15H2,1H3,(H,25,26). The van der Waals surface area contributed by atoms with E-state index < -0.39 is 0 Å². The van der Waals surface area contributed by atoms with Crippen LogP contribution in [0.2, 0.25) is 0 Å². The Bertz CT molecular complexity index is 854. The van der Waals surface area contributed by atoms with Gasteiger partial charge in [-0.05, 0) is 79.7 Å². The molecule has 1 aromatic carbocycles. The predicted octanol–water partition coefficient (Wildman–Crippen LogP) is 5.04. The number of aryl methyl sites for hydroxylation is 1. The van der Waals surface area contributed by atoms with E-state index in [4.69, 9.17) is 0 Å². The number of benzene rings is 1. The minimum Gasteiger partial charge on any atom is -0.273 e. The largest absolute Gasteiger partial charge is 0.273 e. The summed E-state index contributed by atoms with van der Waals surface area (Å²) in [6.45, 7) is 2.14. The van der Waals surface area contributed by atoms with Gasteiger partial charge in [0.2, 0.25) is 5.91 Å². The van der Waals surface area contributed by atoms with Gasteiger partial charge < -0.3 is 0 Å². The highest BCUT2D eigenvalue weighted by atomic mass is 32.1. The zero-order valence-corrected chi connectivity index (χ0v) is 16.6. The molecule has 2 aromatic rings. The number of carbonyl (C=O) groups is 1. The third kappa shape index (κ3) is 2.94. The van der Waals surface area contributed by atoms with Gasteiger partial charge in [-0.3, -0.25) is 4.79 Å². The smallest absolute Gasteiger partial charge is 0.246 e. The van der Waals surface area contributed by atoms with Crippen molar-refractivity contribution in [1.82, 2.24) is 5.43 Å². The summed E-state index contributed by atoms with van der Waals surface area (Å²) in [5.41, 5.74) is 5.60. The fraction of sp³-hybridized carbons (Fsp3) is 0.478. The Morgan fingerprint density at radius 3 is 2.56 bits per heavy atom. The number of nitrogens with one attached hydrogen (secondary N) is 1. The van der Waals surface area contributed by atoms with E-state index in [2.05, 4.69) is 41.7 Å². The molecule has 1 N–H and O–H groups in total. The maximum Gasteiger partial charge on any atom is 0.246 e. The second-order valence-electron chi connectivity index (χ2n) is 9.10. The van der Waals surface area contributed by atoms with E-state index >= 15 is 0 Å². The van der Waals surface area contributed by atoms with Crippen LogP contribution in [0.15, 0.2) is 46.9 Å². The number of hydrogen-bond acceptors (Lipinski definition) is 3. The Morgan fingerprint density at radius 2 is 1.89 bits per heavy atom. The summed E-state index contributed by atoms with van der Waals surface area (Å²) in [5.74, 6) is 1.50. The number of rotatable bonds is 4. The maximum atomic E-state index is 13.2. The van der Waals surface area contributed by atoms with E-state index in [0.717, 1.165) is 24.1 Å². The van der Waals surface area contributed by atoms with Crippen LogP contribution in [0.5, 0.6) is 0 Å². The summed E-state index contributed by atoms with van der Waals surface area (Å²) >= 11 is 1.63. The fourth-order valence-corrected chi connectivity index (χ4v) is 7.00. The van der Waals surface area contributed by atoms with Crippen molar-refractivity contribution in [2.24, 2.45) is 22.4 Å². The van der Waals surface area contributed by atoms with Crippen molar-refractivity contribution in [2.45, 2.75) is 50.9 Å². The van der Waals surface area contributed by atoms with E-state index in [0.29, 0.717) is 11.8 Å². The highest BCUT2D eigenvalue weighted by molar-refractivity contribution is 7.11. The molecule has 4 heteroatoms. The number of hydrogen-bond donors (Lipinski definition) is 1. The van der Waals surface area contributed by atoms with E-state index in [1.54, 1.807) is 17.6 Å². The molecule has 27 heavy (non-hydrogen) atoms. The van der Waals surface area contributed by atoms with Gasteiger partial charge in [0.25, 0.3) is 0 Å². The molecule has 1 heterocycles. The Kier molecular flexibility index (Phi) is 4.01. The topological polar surface area (TPSA) is 41.5 Å². The monoisotopic (exact) mass is 378 g/mol. The highest BCUT2D eigenvalue weighted by Gasteiger charge is 2.60. The number of carbonyl (C=O) groups excluding carboxylic acids is 1. The normalized spacial score (nSPS) is 34.3. The third-order valence-corrected chi connectivity index (χ3v) is 7.91. The second kappa shape index (κ2) is 6.30. The first-order valence-electron chi connectivity index (χ1n) is 10.0. The van der Waals surface area contributed by atoms with Crippen molar-refractivity contribution < 1.29 is 4.79 Å². The molecule has 0 saturated heterocycles. The summed E-state index contributed by atoms with van der Waals surface area (Å²) < 4.78 is 0. The molecule has 4 aliphatic rings. The molecule has 4 fully saturated rings. The van der Waals surface area contributed by atoms with Crippen molar-refractivity contribution >= 4 is 23.5 Å². The number of hydrazone groups is 1. The summed E-state index contributed by atoms with van der Waals surface area (Å²) in [7, 11) is 0. The first-order chi connectivity index (χ1) is 13.1. The van der Waals surface area contributed by atoms with E-state index in [1.807, 2.05) is 17.5 Å². The summed E-state index contributed by atoms with van der Waals surface area (Å²) in [5, 5.41) is 6.29. The SMILES string of the molecule is Cc1ccc(C23CC4CC(CC(C(=O)NN=Cc5cccs5)(C4)C2)C3)cc1. The lowest BCUT2D eigenvalue weighted by atomic mass is 9.42. The van der Waals surface area contributed by atoms with Crippen molar-refractivity contribution in [1.29, 1.82) is 0 Å². The fourth-order valence-electron chi connectivity index (χ4n) is 6.41. The Hall–Kier alpha value is -1.94. The molecule has 1 aromatic heterocycles. The molecule has 4 bridgehead atoms. The van der Waals surface area contributed by atoms with Crippen LogP contribution in [-0.2, 0) is 10.2 Å². The lowest BCUT2D eigenvalue weighted by Gasteiger charge is -2.61. The van der Waals surface area contributed by atoms with Crippen molar-refractivity contribution in [2.75, 3.05) is 0 Å². The molecule has 140 valence electrons. The summed E-state index contributed by atoms with van der Waals surface area (Å²) in [6.07, 6.45) is 8.63. The van der Waals surface area contributed by atoms with Crippen molar-refractivity contribution in [3.05, 3.63) is 57.8 Å². The highest BCUT2D eigenvalue weighted by Crippen LogP contribution is 2.65. The first-order valence-corrected chi connectivity index (χ1v) is 10.9. The quantitative estimate of drug-likeness (QED) is 0.587. The molecular weight excluding hydrogens is 352 g/mol. The molecule has 0 spiro atoms. The van der Waals surface area contributed by atoms with Gasteiger partial charge >= 0.3 is 0 Å². The Labute approximate surface area is 164 Å². The van der Waals surface area contributed by atoms with Gasteiger partial charge in [0.1, 0.15) is 0 Å². The van der Waals surface area contributed by atoms with Crippen molar-refractivity contribution in [3.63, 3.8) is 0 Å². The average molecular weight is 379 g/mol. The van der Waals surface area contributed by atoms with Crippen LogP contribution in [0.4, 0.5) is 0 Å². The number of amides is 1. The maximum absolute atomic E-state index is 13.2. The molecule has 0 radical (unpaired) electrons. The van der Waals surface area contributed by atoms with E-state index in [9.17, 15) is 4.79 Å². The van der Waals surface area contributed by atoms with Crippen LogP contribution in [-0.4, -0.2) is 12.1 Å². The molecule has 4 aliphatic carbocycles. The Balaban J connectivity index is 1.41. The summed E-state index contributed by atoms with van der Waals surface area (Å²) in [4.78, 5) is 14.3. The molecule has 2 atom stereocenters. The minimum atomic E-state index is -0.234. The van der Waals surface area contributed by atoms with Crippen LogP contribution in [0.1, 0.15) is 54.5 Å². The predicted molar refractivity (Wildman–Crippen MR) is 110 cm³/mol. The average Bonchev–Trinajstić information content (AvgIpc) is 3.14. The van der Waals surface area contributed by atoms with Gasteiger partial charge in [-0.25, -0.2) is 5.43 Å². The van der Waals surface area contributed by atoms with Crippen molar-refractivity contribution in [3.8, 4) is 0 Å². The Morgan fingerprint density at radius 1 is 1.15 bits per heavy atom. The third-order valence-electron chi connectivity index (χ3n) is 7.11. The number of thiophene rings is 1. The lowest BCUT2D eigenvalue weighted by molar-refractivity contribution is -0.149. The molecule has 2 unspecified atom stereocenters. The van der Waals surface area contributed by atoms with Crippen LogP contribution in [0.3, 0.4) is 0 Å². The first kappa shape index (κ1) is 17.2.